The van der Waals surface area contributed by atoms with E-state index in [1.165, 1.54) is 6.92 Å². The van der Waals surface area contributed by atoms with E-state index in [-0.39, 0.29) is 11.5 Å². The van der Waals surface area contributed by atoms with E-state index in [0.717, 1.165) is 17.5 Å². The Morgan fingerprint density at radius 2 is 2.00 bits per heavy atom. The van der Waals surface area contributed by atoms with Gasteiger partial charge in [0.25, 0.3) is 0 Å². The molecule has 2 nitrogen and oxygen atoms in total. The molecule has 2 rings (SSSR count). The SMILES string of the molecule is CC(=O)C1=C(O)CCc2ccccc21. The zero-order chi connectivity index (χ0) is 10.1. The van der Waals surface area contributed by atoms with E-state index in [4.69, 9.17) is 0 Å². The van der Waals surface area contributed by atoms with Crippen LogP contribution in [0.25, 0.3) is 5.57 Å². The first-order chi connectivity index (χ1) is 6.70. The van der Waals surface area contributed by atoms with Gasteiger partial charge < -0.3 is 5.11 Å². The van der Waals surface area contributed by atoms with Gasteiger partial charge in [0.05, 0.1) is 5.57 Å². The topological polar surface area (TPSA) is 37.3 Å². The maximum absolute atomic E-state index is 11.4. The van der Waals surface area contributed by atoms with Crippen molar-refractivity contribution in [2.24, 2.45) is 0 Å². The van der Waals surface area contributed by atoms with Crippen molar-refractivity contribution in [2.75, 3.05) is 0 Å². The highest BCUT2D eigenvalue weighted by Gasteiger charge is 2.20. The van der Waals surface area contributed by atoms with Gasteiger partial charge in [0.15, 0.2) is 5.78 Å². The van der Waals surface area contributed by atoms with Crippen molar-refractivity contribution < 1.29 is 9.90 Å². The van der Waals surface area contributed by atoms with Crippen LogP contribution in [-0.4, -0.2) is 10.9 Å². The summed E-state index contributed by atoms with van der Waals surface area (Å²) in [7, 11) is 0. The van der Waals surface area contributed by atoms with Crippen molar-refractivity contribution in [3.05, 3.63) is 41.2 Å². The number of fused-ring (bicyclic) bond motifs is 1. The molecule has 0 bridgehead atoms. The summed E-state index contributed by atoms with van der Waals surface area (Å²) in [5.74, 6) is 0.172. The molecule has 72 valence electrons. The molecule has 1 aromatic rings. The van der Waals surface area contributed by atoms with Gasteiger partial charge in [-0.2, -0.15) is 0 Å². The van der Waals surface area contributed by atoms with E-state index in [1.807, 2.05) is 24.3 Å². The van der Waals surface area contributed by atoms with E-state index in [1.54, 1.807) is 0 Å². The minimum absolute atomic E-state index is 0.0605. The summed E-state index contributed by atoms with van der Waals surface area (Å²) in [6, 6.07) is 7.74. The Morgan fingerprint density at radius 1 is 1.29 bits per heavy atom. The van der Waals surface area contributed by atoms with Crippen LogP contribution in [0.4, 0.5) is 0 Å². The van der Waals surface area contributed by atoms with Gasteiger partial charge in [-0.3, -0.25) is 4.79 Å². The van der Waals surface area contributed by atoms with E-state index in [2.05, 4.69) is 0 Å². The summed E-state index contributed by atoms with van der Waals surface area (Å²) in [5, 5.41) is 9.64. The van der Waals surface area contributed by atoms with Crippen molar-refractivity contribution in [3.63, 3.8) is 0 Å². The minimum atomic E-state index is -0.0605. The summed E-state index contributed by atoms with van der Waals surface area (Å²) < 4.78 is 0. The molecule has 0 saturated carbocycles. The van der Waals surface area contributed by atoms with Crippen LogP contribution in [0.3, 0.4) is 0 Å². The molecule has 0 atom stereocenters. The number of hydrogen-bond donors (Lipinski definition) is 1. The Labute approximate surface area is 82.9 Å². The Hall–Kier alpha value is -1.57. The third-order valence-electron chi connectivity index (χ3n) is 2.56. The fraction of sp³-hybridized carbons (Fsp3) is 0.250. The second-order valence-electron chi connectivity index (χ2n) is 3.54. The molecule has 0 saturated heterocycles. The molecular formula is C12H12O2. The van der Waals surface area contributed by atoms with Crippen molar-refractivity contribution in [3.8, 4) is 0 Å². The van der Waals surface area contributed by atoms with E-state index in [0.29, 0.717) is 12.0 Å². The molecule has 0 amide bonds. The summed E-state index contributed by atoms with van der Waals surface area (Å²) >= 11 is 0. The molecule has 0 fully saturated rings. The molecule has 1 aliphatic rings. The van der Waals surface area contributed by atoms with Crippen molar-refractivity contribution >= 4 is 11.4 Å². The number of hydrogen-bond acceptors (Lipinski definition) is 2. The van der Waals surface area contributed by atoms with Gasteiger partial charge in [-0.25, -0.2) is 0 Å². The van der Waals surface area contributed by atoms with Crippen LogP contribution in [0.1, 0.15) is 24.5 Å². The number of aliphatic hydroxyl groups excluding tert-OH is 1. The second-order valence-corrected chi connectivity index (χ2v) is 3.54. The third kappa shape index (κ3) is 1.33. The number of ketones is 1. The Balaban J connectivity index is 2.62. The first-order valence-electron chi connectivity index (χ1n) is 4.71. The third-order valence-corrected chi connectivity index (χ3v) is 2.56. The fourth-order valence-electron chi connectivity index (χ4n) is 1.91. The Morgan fingerprint density at radius 3 is 2.71 bits per heavy atom. The molecule has 14 heavy (non-hydrogen) atoms. The Kier molecular flexibility index (Phi) is 2.12. The molecule has 0 aromatic heterocycles. The van der Waals surface area contributed by atoms with Gasteiger partial charge >= 0.3 is 0 Å². The molecule has 0 radical (unpaired) electrons. The molecule has 1 N–H and O–H groups in total. The molecule has 1 aromatic carbocycles. The van der Waals surface area contributed by atoms with Gasteiger partial charge in [-0.1, -0.05) is 24.3 Å². The molecular weight excluding hydrogens is 176 g/mol. The monoisotopic (exact) mass is 188 g/mol. The highest BCUT2D eigenvalue weighted by atomic mass is 16.3. The maximum Gasteiger partial charge on any atom is 0.163 e. The van der Waals surface area contributed by atoms with Crippen molar-refractivity contribution in [2.45, 2.75) is 19.8 Å². The lowest BCUT2D eigenvalue weighted by atomic mass is 9.88. The molecule has 0 heterocycles. The minimum Gasteiger partial charge on any atom is -0.512 e. The molecule has 2 heteroatoms. The lowest BCUT2D eigenvalue weighted by Gasteiger charge is -2.17. The number of benzene rings is 1. The highest BCUT2D eigenvalue weighted by molar-refractivity contribution is 6.20. The van der Waals surface area contributed by atoms with E-state index in [9.17, 15) is 9.90 Å². The number of carbonyl (C=O) groups is 1. The number of rotatable bonds is 1. The van der Waals surface area contributed by atoms with Gasteiger partial charge in [-0.15, -0.1) is 0 Å². The number of allylic oxidation sites excluding steroid dienone is 2. The van der Waals surface area contributed by atoms with Gasteiger partial charge in [0.2, 0.25) is 0 Å². The van der Waals surface area contributed by atoms with E-state index >= 15 is 0 Å². The number of Topliss-reactive ketones (excluding diaryl/α,β-unsaturated/α-hetero) is 1. The van der Waals surface area contributed by atoms with Crippen LogP contribution >= 0.6 is 0 Å². The average Bonchev–Trinajstić information content (AvgIpc) is 2.17. The second kappa shape index (κ2) is 3.29. The smallest absolute Gasteiger partial charge is 0.163 e. The lowest BCUT2D eigenvalue weighted by Crippen LogP contribution is -2.09. The van der Waals surface area contributed by atoms with Crippen LogP contribution in [-0.2, 0) is 11.2 Å². The predicted molar refractivity (Wildman–Crippen MR) is 55.0 cm³/mol. The fourth-order valence-corrected chi connectivity index (χ4v) is 1.91. The van der Waals surface area contributed by atoms with E-state index < -0.39 is 0 Å². The molecule has 1 aliphatic carbocycles. The zero-order valence-corrected chi connectivity index (χ0v) is 8.08. The lowest BCUT2D eigenvalue weighted by molar-refractivity contribution is -0.111. The summed E-state index contributed by atoms with van der Waals surface area (Å²) in [5.41, 5.74) is 2.53. The summed E-state index contributed by atoms with van der Waals surface area (Å²) in [6.07, 6.45) is 1.39. The normalized spacial score (nSPS) is 15.2. The number of carbonyl (C=O) groups excluding carboxylic acids is 1. The van der Waals surface area contributed by atoms with Crippen LogP contribution in [0, 0.1) is 0 Å². The van der Waals surface area contributed by atoms with Gasteiger partial charge in [-0.05, 0) is 24.5 Å². The number of aryl methyl sites for hydroxylation is 1. The summed E-state index contributed by atoms with van der Waals surface area (Å²) in [4.78, 5) is 11.4. The van der Waals surface area contributed by atoms with Crippen LogP contribution in [0.2, 0.25) is 0 Å². The van der Waals surface area contributed by atoms with Crippen molar-refractivity contribution in [1.82, 2.24) is 0 Å². The van der Waals surface area contributed by atoms with Crippen LogP contribution in [0.15, 0.2) is 30.0 Å². The first-order valence-corrected chi connectivity index (χ1v) is 4.71. The highest BCUT2D eigenvalue weighted by Crippen LogP contribution is 2.30. The van der Waals surface area contributed by atoms with Gasteiger partial charge in [0, 0.05) is 6.42 Å². The Bertz CT molecular complexity index is 416. The zero-order valence-electron chi connectivity index (χ0n) is 8.08. The quantitative estimate of drug-likeness (QED) is 0.735. The largest absolute Gasteiger partial charge is 0.512 e. The van der Waals surface area contributed by atoms with Crippen LogP contribution in [0.5, 0.6) is 0 Å². The number of aliphatic hydroxyl groups is 1. The average molecular weight is 188 g/mol. The van der Waals surface area contributed by atoms with Crippen LogP contribution < -0.4 is 0 Å². The van der Waals surface area contributed by atoms with Gasteiger partial charge in [0.1, 0.15) is 5.76 Å². The summed E-state index contributed by atoms with van der Waals surface area (Å²) in [6.45, 7) is 1.49. The first kappa shape index (κ1) is 9.00. The molecule has 0 unspecified atom stereocenters. The standard InChI is InChI=1S/C12H12O2/c1-8(13)12-10-5-3-2-4-9(10)6-7-11(12)14/h2-5,14H,6-7H2,1H3. The molecule has 0 aliphatic heterocycles. The maximum atomic E-state index is 11.4. The van der Waals surface area contributed by atoms with Crippen molar-refractivity contribution in [1.29, 1.82) is 0 Å². The predicted octanol–water partition coefficient (Wildman–Crippen LogP) is 2.49. The molecule has 0 spiro atoms.